The largest absolute Gasteiger partial charge is 0.478 e. The van der Waals surface area contributed by atoms with Gasteiger partial charge >= 0.3 is 5.97 Å². The maximum atomic E-state index is 10.5. The van der Waals surface area contributed by atoms with E-state index in [0.717, 1.165) is 32.0 Å². The standard InChI is InChI=1S/C8H10N2O2.C4H8O2.ClH/c1-5-2-3-6(8(11)12)4-7(5)10-9;1-2-6-4-3-5-1;/h2-4,10H,9H2,1H3,(H,11,12);1-4H2;1H. The Morgan fingerprint density at radius 1 is 1.26 bits per heavy atom. The van der Waals surface area contributed by atoms with Crippen molar-refractivity contribution in [3.8, 4) is 0 Å². The molecule has 6 nitrogen and oxygen atoms in total. The van der Waals surface area contributed by atoms with Crippen LogP contribution in [0.3, 0.4) is 0 Å². The first-order chi connectivity index (χ1) is 8.65. The van der Waals surface area contributed by atoms with Crippen molar-refractivity contribution >= 4 is 24.1 Å². The summed E-state index contributed by atoms with van der Waals surface area (Å²) in [6.07, 6.45) is 0. The molecule has 1 aromatic carbocycles. The molecular weight excluding hydrogens is 272 g/mol. The number of nitrogens with one attached hydrogen (secondary N) is 1. The molecule has 0 spiro atoms. The van der Waals surface area contributed by atoms with E-state index in [1.165, 1.54) is 6.07 Å². The quantitative estimate of drug-likeness (QED) is 0.563. The Hall–Kier alpha value is -1.34. The lowest BCUT2D eigenvalue weighted by molar-refractivity contribution is -0.0334. The Morgan fingerprint density at radius 2 is 1.79 bits per heavy atom. The first-order valence-corrected chi connectivity index (χ1v) is 5.61. The van der Waals surface area contributed by atoms with Crippen molar-refractivity contribution in [3.05, 3.63) is 29.3 Å². The van der Waals surface area contributed by atoms with Gasteiger partial charge in [-0.25, -0.2) is 4.79 Å². The monoisotopic (exact) mass is 290 g/mol. The third-order valence-electron chi connectivity index (χ3n) is 2.38. The van der Waals surface area contributed by atoms with Gasteiger partial charge in [-0.2, -0.15) is 0 Å². The average Bonchev–Trinajstić information content (AvgIpc) is 2.41. The van der Waals surface area contributed by atoms with E-state index >= 15 is 0 Å². The zero-order chi connectivity index (χ0) is 13.4. The van der Waals surface area contributed by atoms with Crippen molar-refractivity contribution in [1.29, 1.82) is 0 Å². The molecule has 7 heteroatoms. The van der Waals surface area contributed by atoms with E-state index in [-0.39, 0.29) is 18.0 Å². The lowest BCUT2D eigenvalue weighted by Crippen LogP contribution is -2.16. The van der Waals surface area contributed by atoms with Crippen molar-refractivity contribution in [3.63, 3.8) is 0 Å². The van der Waals surface area contributed by atoms with Gasteiger partial charge in [0.1, 0.15) is 0 Å². The fraction of sp³-hybridized carbons (Fsp3) is 0.417. The predicted octanol–water partition coefficient (Wildman–Crippen LogP) is 1.43. The minimum absolute atomic E-state index is 0. The first kappa shape index (κ1) is 17.7. The number of hydrazine groups is 1. The number of anilines is 1. The highest BCUT2D eigenvalue weighted by atomic mass is 35.5. The van der Waals surface area contributed by atoms with Crippen LogP contribution in [0.1, 0.15) is 15.9 Å². The smallest absolute Gasteiger partial charge is 0.335 e. The number of nitrogens with two attached hydrogens (primary N) is 1. The Kier molecular flexibility index (Phi) is 8.90. The Balaban J connectivity index is 0.000000392. The molecule has 1 fully saturated rings. The van der Waals surface area contributed by atoms with Crippen LogP contribution in [0, 0.1) is 6.92 Å². The highest BCUT2D eigenvalue weighted by Crippen LogP contribution is 2.15. The second-order valence-electron chi connectivity index (χ2n) is 3.70. The molecule has 1 aliphatic heterocycles. The number of aryl methyl sites for hydroxylation is 1. The SMILES string of the molecule is C1COCCO1.Cc1ccc(C(=O)O)cc1NN.Cl. The molecule has 4 N–H and O–H groups in total. The van der Waals surface area contributed by atoms with Gasteiger partial charge in [0.2, 0.25) is 0 Å². The molecular formula is C12H19ClN2O4. The normalized spacial score (nSPS) is 13.6. The van der Waals surface area contributed by atoms with Gasteiger partial charge in [-0.05, 0) is 24.6 Å². The van der Waals surface area contributed by atoms with Crippen LogP contribution >= 0.6 is 12.4 Å². The van der Waals surface area contributed by atoms with Crippen LogP contribution in [-0.4, -0.2) is 37.5 Å². The van der Waals surface area contributed by atoms with Crippen LogP contribution in [0.2, 0.25) is 0 Å². The number of benzene rings is 1. The van der Waals surface area contributed by atoms with Crippen LogP contribution in [0.5, 0.6) is 0 Å². The minimum atomic E-state index is -0.952. The van der Waals surface area contributed by atoms with Crippen LogP contribution in [0.15, 0.2) is 18.2 Å². The molecule has 1 heterocycles. The fourth-order valence-electron chi connectivity index (χ4n) is 1.35. The fourth-order valence-corrected chi connectivity index (χ4v) is 1.35. The molecule has 0 amide bonds. The van der Waals surface area contributed by atoms with E-state index in [9.17, 15) is 4.79 Å². The number of hydrogen-bond acceptors (Lipinski definition) is 5. The number of nitrogen functional groups attached to an aromatic ring is 1. The lowest BCUT2D eigenvalue weighted by Gasteiger charge is -2.09. The number of aromatic carboxylic acids is 1. The maximum Gasteiger partial charge on any atom is 0.335 e. The molecule has 0 unspecified atom stereocenters. The zero-order valence-corrected chi connectivity index (χ0v) is 11.5. The number of hydrogen-bond donors (Lipinski definition) is 3. The van der Waals surface area contributed by atoms with Gasteiger partial charge in [-0.1, -0.05) is 6.07 Å². The summed E-state index contributed by atoms with van der Waals surface area (Å²) in [6.45, 7) is 4.96. The van der Waals surface area contributed by atoms with E-state index in [1.54, 1.807) is 12.1 Å². The molecule has 0 saturated carbocycles. The van der Waals surface area contributed by atoms with Gasteiger partial charge in [0, 0.05) is 0 Å². The van der Waals surface area contributed by atoms with Crippen molar-refractivity contribution in [2.75, 3.05) is 31.9 Å². The summed E-state index contributed by atoms with van der Waals surface area (Å²) in [5, 5.41) is 8.63. The number of halogens is 1. The average molecular weight is 291 g/mol. The van der Waals surface area contributed by atoms with Crippen molar-refractivity contribution in [2.24, 2.45) is 5.84 Å². The predicted molar refractivity (Wildman–Crippen MR) is 74.8 cm³/mol. The summed E-state index contributed by atoms with van der Waals surface area (Å²) in [5.41, 5.74) is 4.21. The second-order valence-corrected chi connectivity index (χ2v) is 3.70. The summed E-state index contributed by atoms with van der Waals surface area (Å²) in [4.78, 5) is 10.5. The summed E-state index contributed by atoms with van der Waals surface area (Å²) >= 11 is 0. The van der Waals surface area contributed by atoms with Gasteiger partial charge in [0.05, 0.1) is 37.7 Å². The maximum absolute atomic E-state index is 10.5. The van der Waals surface area contributed by atoms with E-state index in [0.29, 0.717) is 5.69 Å². The van der Waals surface area contributed by atoms with Gasteiger partial charge in [0.15, 0.2) is 0 Å². The summed E-state index contributed by atoms with van der Waals surface area (Å²) in [5.74, 6) is 4.22. The van der Waals surface area contributed by atoms with Crippen LogP contribution in [0.4, 0.5) is 5.69 Å². The molecule has 0 radical (unpaired) electrons. The number of ether oxygens (including phenoxy) is 2. The third kappa shape index (κ3) is 6.40. The first-order valence-electron chi connectivity index (χ1n) is 5.61. The van der Waals surface area contributed by atoms with Crippen molar-refractivity contribution in [2.45, 2.75) is 6.92 Å². The van der Waals surface area contributed by atoms with Gasteiger partial charge in [0.25, 0.3) is 0 Å². The van der Waals surface area contributed by atoms with Crippen LogP contribution in [0.25, 0.3) is 0 Å². The van der Waals surface area contributed by atoms with Crippen molar-refractivity contribution < 1.29 is 19.4 Å². The van der Waals surface area contributed by atoms with E-state index in [4.69, 9.17) is 20.4 Å². The van der Waals surface area contributed by atoms with Crippen molar-refractivity contribution in [1.82, 2.24) is 0 Å². The third-order valence-corrected chi connectivity index (χ3v) is 2.38. The highest BCUT2D eigenvalue weighted by Gasteiger charge is 2.04. The molecule has 0 atom stereocenters. The summed E-state index contributed by atoms with van der Waals surface area (Å²) < 4.78 is 9.89. The molecule has 19 heavy (non-hydrogen) atoms. The Morgan fingerprint density at radius 3 is 2.16 bits per heavy atom. The van der Waals surface area contributed by atoms with Gasteiger partial charge in [-0.15, -0.1) is 12.4 Å². The number of rotatable bonds is 2. The molecule has 1 aliphatic rings. The number of carboxylic acids is 1. The van der Waals surface area contributed by atoms with Gasteiger partial charge < -0.3 is 20.0 Å². The molecule has 1 saturated heterocycles. The summed E-state index contributed by atoms with van der Waals surface area (Å²) in [7, 11) is 0. The Bertz CT molecular complexity index is 386. The number of carboxylic acid groups (broad SMARTS) is 1. The summed E-state index contributed by atoms with van der Waals surface area (Å²) in [6, 6.07) is 4.74. The molecule has 0 aliphatic carbocycles. The molecule has 1 aromatic rings. The zero-order valence-electron chi connectivity index (χ0n) is 10.7. The minimum Gasteiger partial charge on any atom is -0.478 e. The second kappa shape index (κ2) is 9.57. The number of carbonyl (C=O) groups is 1. The van der Waals surface area contributed by atoms with Crippen LogP contribution in [-0.2, 0) is 9.47 Å². The molecule has 2 rings (SSSR count). The van der Waals surface area contributed by atoms with Crippen LogP contribution < -0.4 is 11.3 Å². The molecule has 0 bridgehead atoms. The van der Waals surface area contributed by atoms with E-state index < -0.39 is 5.97 Å². The molecule has 0 aromatic heterocycles. The van der Waals surface area contributed by atoms with E-state index in [2.05, 4.69) is 5.43 Å². The topological polar surface area (TPSA) is 93.8 Å². The lowest BCUT2D eigenvalue weighted by atomic mass is 10.1. The van der Waals surface area contributed by atoms with Gasteiger partial charge in [-0.3, -0.25) is 5.84 Å². The van der Waals surface area contributed by atoms with E-state index in [1.807, 2.05) is 6.92 Å². The Labute approximate surface area is 118 Å². The molecule has 108 valence electrons. The highest BCUT2D eigenvalue weighted by molar-refractivity contribution is 5.89.